The average Bonchev–Trinajstić information content (AvgIpc) is 3.42. The highest BCUT2D eigenvalue weighted by Crippen LogP contribution is 2.34. The van der Waals surface area contributed by atoms with E-state index in [1.54, 1.807) is 6.07 Å². The van der Waals surface area contributed by atoms with E-state index in [2.05, 4.69) is 19.2 Å². The Balaban J connectivity index is 1.71. The van der Waals surface area contributed by atoms with Crippen LogP contribution in [-0.2, 0) is 9.53 Å². The highest BCUT2D eigenvalue weighted by atomic mass is 16.6. The number of benzene rings is 1. The molecule has 1 amide bonds. The number of nitro benzene ring substituents is 1. The summed E-state index contributed by atoms with van der Waals surface area (Å²) in [5.41, 5.74) is 0.470. The second-order valence-electron chi connectivity index (χ2n) is 7.73. The number of hydrogen-bond donors (Lipinski definition) is 1. The van der Waals surface area contributed by atoms with E-state index < -0.39 is 10.9 Å². The van der Waals surface area contributed by atoms with E-state index in [1.165, 1.54) is 12.1 Å². The number of ether oxygens (including phenoxy) is 1. The summed E-state index contributed by atoms with van der Waals surface area (Å²) in [6.45, 7) is 5.37. The first-order valence-electron chi connectivity index (χ1n) is 9.33. The van der Waals surface area contributed by atoms with Crippen molar-refractivity contribution in [3.05, 3.63) is 33.9 Å². The Hall–Kier alpha value is -2.64. The SMILES string of the molecule is C[C@@H]1C[C@@H](C)CN(c2ccc(C(=O)OCC(=O)NC3CC3)cc2[N+](=O)[O-])C1. The first-order valence-corrected chi connectivity index (χ1v) is 9.33. The fraction of sp³-hybridized carbons (Fsp3) is 0.579. The van der Waals surface area contributed by atoms with Crippen LogP contribution >= 0.6 is 0 Å². The third-order valence-electron chi connectivity index (χ3n) is 4.89. The summed E-state index contributed by atoms with van der Waals surface area (Å²) in [6.07, 6.45) is 2.99. The lowest BCUT2D eigenvalue weighted by molar-refractivity contribution is -0.384. The molecule has 3 rings (SSSR count). The number of carbonyl (C=O) groups is 2. The van der Waals surface area contributed by atoms with Crippen LogP contribution in [0.25, 0.3) is 0 Å². The van der Waals surface area contributed by atoms with Crippen molar-refractivity contribution in [2.75, 3.05) is 24.6 Å². The van der Waals surface area contributed by atoms with Crippen molar-refractivity contribution in [3.8, 4) is 0 Å². The Kier molecular flexibility index (Phi) is 5.62. The lowest BCUT2D eigenvalue weighted by Crippen LogP contribution is -2.39. The smallest absolute Gasteiger partial charge is 0.338 e. The number of rotatable bonds is 6. The number of carbonyl (C=O) groups excluding carboxylic acids is 2. The third kappa shape index (κ3) is 4.96. The van der Waals surface area contributed by atoms with Gasteiger partial charge in [0, 0.05) is 25.2 Å². The zero-order valence-electron chi connectivity index (χ0n) is 15.6. The van der Waals surface area contributed by atoms with Crippen molar-refractivity contribution in [1.29, 1.82) is 0 Å². The minimum absolute atomic E-state index is 0.0720. The van der Waals surface area contributed by atoms with Gasteiger partial charge in [-0.2, -0.15) is 0 Å². The molecule has 1 saturated carbocycles. The Labute approximate surface area is 158 Å². The van der Waals surface area contributed by atoms with E-state index in [4.69, 9.17) is 4.74 Å². The van der Waals surface area contributed by atoms with Gasteiger partial charge in [-0.15, -0.1) is 0 Å². The highest BCUT2D eigenvalue weighted by molar-refractivity contribution is 5.93. The van der Waals surface area contributed by atoms with Gasteiger partial charge in [-0.3, -0.25) is 14.9 Å². The molecule has 0 aromatic heterocycles. The van der Waals surface area contributed by atoms with E-state index >= 15 is 0 Å². The molecule has 146 valence electrons. The molecule has 27 heavy (non-hydrogen) atoms. The summed E-state index contributed by atoms with van der Waals surface area (Å²) >= 11 is 0. The predicted molar refractivity (Wildman–Crippen MR) is 99.7 cm³/mol. The molecule has 1 heterocycles. The average molecular weight is 375 g/mol. The molecule has 2 aliphatic rings. The van der Waals surface area contributed by atoms with Gasteiger partial charge in [0.25, 0.3) is 11.6 Å². The van der Waals surface area contributed by atoms with Crippen molar-refractivity contribution < 1.29 is 19.2 Å². The maximum Gasteiger partial charge on any atom is 0.338 e. The maximum atomic E-state index is 12.2. The van der Waals surface area contributed by atoms with E-state index in [0.29, 0.717) is 17.5 Å². The summed E-state index contributed by atoms with van der Waals surface area (Å²) in [5.74, 6) is -0.199. The molecule has 8 heteroatoms. The molecular formula is C19H25N3O5. The number of nitrogens with zero attached hydrogens (tertiary/aromatic N) is 2. The molecule has 1 aliphatic carbocycles. The molecule has 0 unspecified atom stereocenters. The monoisotopic (exact) mass is 375 g/mol. The molecule has 8 nitrogen and oxygen atoms in total. The quantitative estimate of drug-likeness (QED) is 0.466. The molecule has 0 spiro atoms. The van der Waals surface area contributed by atoms with Gasteiger partial charge < -0.3 is 15.0 Å². The summed E-state index contributed by atoms with van der Waals surface area (Å²) in [7, 11) is 0. The van der Waals surface area contributed by atoms with Gasteiger partial charge in [0.2, 0.25) is 0 Å². The topological polar surface area (TPSA) is 102 Å². The van der Waals surface area contributed by atoms with Gasteiger partial charge in [-0.25, -0.2) is 4.79 Å². The number of nitro groups is 1. The van der Waals surface area contributed by atoms with Crippen molar-refractivity contribution in [2.45, 2.75) is 39.2 Å². The van der Waals surface area contributed by atoms with Gasteiger partial charge in [-0.1, -0.05) is 13.8 Å². The number of hydrogen-bond acceptors (Lipinski definition) is 6. The predicted octanol–water partition coefficient (Wildman–Crippen LogP) is 2.51. The summed E-state index contributed by atoms with van der Waals surface area (Å²) in [5, 5.41) is 14.3. The van der Waals surface area contributed by atoms with E-state index in [9.17, 15) is 19.7 Å². The van der Waals surface area contributed by atoms with Crippen LogP contribution in [0, 0.1) is 22.0 Å². The number of nitrogens with one attached hydrogen (secondary N) is 1. The zero-order valence-corrected chi connectivity index (χ0v) is 15.6. The van der Waals surface area contributed by atoms with Crippen molar-refractivity contribution >= 4 is 23.3 Å². The Bertz CT molecular complexity index is 737. The number of anilines is 1. The second kappa shape index (κ2) is 7.94. The molecule has 0 bridgehead atoms. The van der Waals surface area contributed by atoms with E-state index in [1.807, 2.05) is 4.90 Å². The number of piperidine rings is 1. The van der Waals surface area contributed by atoms with Crippen LogP contribution in [0.3, 0.4) is 0 Å². The van der Waals surface area contributed by atoms with E-state index in [-0.39, 0.29) is 29.8 Å². The fourth-order valence-electron chi connectivity index (χ4n) is 3.64. The van der Waals surface area contributed by atoms with Crippen LogP contribution < -0.4 is 10.2 Å². The van der Waals surface area contributed by atoms with Gasteiger partial charge in [-0.05, 0) is 43.2 Å². The largest absolute Gasteiger partial charge is 0.452 e. The molecule has 1 N–H and O–H groups in total. The molecular weight excluding hydrogens is 350 g/mol. The van der Waals surface area contributed by atoms with Crippen molar-refractivity contribution in [1.82, 2.24) is 5.32 Å². The standard InChI is InChI=1S/C19H25N3O5/c1-12-7-13(2)10-21(9-12)16-6-3-14(8-17(16)22(25)26)19(24)27-11-18(23)20-15-4-5-15/h3,6,8,12-13,15H,4-5,7,9-11H2,1-2H3,(H,20,23)/t12-,13-/m1/s1. The van der Waals surface area contributed by atoms with Crippen LogP contribution in [-0.4, -0.2) is 42.5 Å². The van der Waals surface area contributed by atoms with E-state index in [0.717, 1.165) is 32.4 Å². The van der Waals surface area contributed by atoms with Crippen LogP contribution in [0.15, 0.2) is 18.2 Å². The molecule has 1 aromatic carbocycles. The zero-order chi connectivity index (χ0) is 19.6. The van der Waals surface area contributed by atoms with Crippen LogP contribution in [0.2, 0.25) is 0 Å². The Morgan fingerprint density at radius 2 is 1.93 bits per heavy atom. The van der Waals surface area contributed by atoms with Crippen LogP contribution in [0.5, 0.6) is 0 Å². The third-order valence-corrected chi connectivity index (χ3v) is 4.89. The minimum Gasteiger partial charge on any atom is -0.452 e. The fourth-order valence-corrected chi connectivity index (χ4v) is 3.64. The molecule has 0 radical (unpaired) electrons. The second-order valence-corrected chi connectivity index (χ2v) is 7.73. The molecule has 1 aromatic rings. The summed E-state index contributed by atoms with van der Waals surface area (Å²) < 4.78 is 4.99. The summed E-state index contributed by atoms with van der Waals surface area (Å²) in [4.78, 5) is 36.9. The lowest BCUT2D eigenvalue weighted by Gasteiger charge is -2.36. The molecule has 2 fully saturated rings. The lowest BCUT2D eigenvalue weighted by atomic mass is 9.91. The van der Waals surface area contributed by atoms with Gasteiger partial charge in [0.1, 0.15) is 5.69 Å². The van der Waals surface area contributed by atoms with Gasteiger partial charge in [0.05, 0.1) is 10.5 Å². The van der Waals surface area contributed by atoms with Crippen molar-refractivity contribution in [2.24, 2.45) is 11.8 Å². The number of esters is 1. The maximum absolute atomic E-state index is 12.2. The summed E-state index contributed by atoms with van der Waals surface area (Å²) in [6, 6.07) is 4.54. The Morgan fingerprint density at radius 1 is 1.26 bits per heavy atom. The van der Waals surface area contributed by atoms with Crippen LogP contribution in [0.4, 0.5) is 11.4 Å². The Morgan fingerprint density at radius 3 is 2.52 bits per heavy atom. The normalized spacial score (nSPS) is 22.2. The first kappa shape index (κ1) is 19.1. The molecule has 1 saturated heterocycles. The van der Waals surface area contributed by atoms with Crippen LogP contribution in [0.1, 0.15) is 43.5 Å². The molecule has 1 aliphatic heterocycles. The number of amides is 1. The molecule has 2 atom stereocenters. The van der Waals surface area contributed by atoms with Gasteiger partial charge >= 0.3 is 5.97 Å². The first-order chi connectivity index (χ1) is 12.8. The van der Waals surface area contributed by atoms with Crippen molar-refractivity contribution in [3.63, 3.8) is 0 Å². The minimum atomic E-state index is -0.740. The highest BCUT2D eigenvalue weighted by Gasteiger charge is 2.28. The van der Waals surface area contributed by atoms with Gasteiger partial charge in [0.15, 0.2) is 6.61 Å².